The highest BCUT2D eigenvalue weighted by atomic mass is 16.5. The first-order valence-electron chi connectivity index (χ1n) is 7.22. The van der Waals surface area contributed by atoms with Gasteiger partial charge in [-0.2, -0.15) is 0 Å². The van der Waals surface area contributed by atoms with Gasteiger partial charge in [-0.05, 0) is 51.6 Å². The number of ether oxygens (including phenoxy) is 1. The Morgan fingerprint density at radius 2 is 1.88 bits per heavy atom. The van der Waals surface area contributed by atoms with Crippen LogP contribution in [0.15, 0.2) is 0 Å². The number of rotatable bonds is 11. The molecule has 0 aliphatic heterocycles. The van der Waals surface area contributed by atoms with Crippen LogP contribution in [0.1, 0.15) is 45.4 Å². The van der Waals surface area contributed by atoms with Crippen molar-refractivity contribution in [2.45, 2.75) is 51.5 Å². The van der Waals surface area contributed by atoms with Crippen LogP contribution in [0.2, 0.25) is 0 Å². The third-order valence-corrected chi connectivity index (χ3v) is 3.86. The van der Waals surface area contributed by atoms with Crippen LogP contribution in [0.3, 0.4) is 0 Å². The summed E-state index contributed by atoms with van der Waals surface area (Å²) in [5, 5.41) is 0. The number of unbranched alkanes of at least 4 members (excludes halogenated alkanes) is 3. The Labute approximate surface area is 107 Å². The molecular formula is C14H30N2O. The standard InChI is InChI=1S/C14H30N2O/c1-13(14-7-8-14)16(11-12-17-2)10-6-4-3-5-9-15/h13-14H,3-12,15H2,1-2H3. The summed E-state index contributed by atoms with van der Waals surface area (Å²) < 4.78 is 5.21. The van der Waals surface area contributed by atoms with Crippen LogP contribution in [0.4, 0.5) is 0 Å². The predicted octanol–water partition coefficient (Wildman–Crippen LogP) is 2.25. The van der Waals surface area contributed by atoms with Gasteiger partial charge < -0.3 is 10.5 Å². The molecule has 1 unspecified atom stereocenters. The van der Waals surface area contributed by atoms with Gasteiger partial charge in [-0.25, -0.2) is 0 Å². The van der Waals surface area contributed by atoms with Gasteiger partial charge in [-0.3, -0.25) is 4.90 Å². The molecular weight excluding hydrogens is 212 g/mol. The van der Waals surface area contributed by atoms with Crippen LogP contribution in [0, 0.1) is 5.92 Å². The number of nitrogens with zero attached hydrogens (tertiary/aromatic N) is 1. The van der Waals surface area contributed by atoms with Gasteiger partial charge in [0.1, 0.15) is 0 Å². The number of nitrogens with two attached hydrogens (primary N) is 1. The van der Waals surface area contributed by atoms with Crippen molar-refractivity contribution in [2.24, 2.45) is 11.7 Å². The molecule has 1 atom stereocenters. The maximum atomic E-state index is 5.51. The molecule has 0 saturated heterocycles. The van der Waals surface area contributed by atoms with E-state index < -0.39 is 0 Å². The van der Waals surface area contributed by atoms with Gasteiger partial charge in [0.15, 0.2) is 0 Å². The first-order chi connectivity index (χ1) is 8.29. The predicted molar refractivity (Wildman–Crippen MR) is 73.2 cm³/mol. The van der Waals surface area contributed by atoms with Crippen LogP contribution >= 0.6 is 0 Å². The molecule has 0 aromatic rings. The van der Waals surface area contributed by atoms with E-state index in [-0.39, 0.29) is 0 Å². The SMILES string of the molecule is COCCN(CCCCCCN)C(C)C1CC1. The highest BCUT2D eigenvalue weighted by Gasteiger charge is 2.31. The Hall–Kier alpha value is -0.120. The van der Waals surface area contributed by atoms with Gasteiger partial charge in [0, 0.05) is 19.7 Å². The summed E-state index contributed by atoms with van der Waals surface area (Å²) in [6.45, 7) is 6.40. The van der Waals surface area contributed by atoms with Crippen molar-refractivity contribution in [1.29, 1.82) is 0 Å². The molecule has 0 amide bonds. The van der Waals surface area contributed by atoms with Gasteiger partial charge in [0.2, 0.25) is 0 Å². The average Bonchev–Trinajstić information content (AvgIpc) is 3.16. The van der Waals surface area contributed by atoms with Crippen LogP contribution < -0.4 is 5.73 Å². The normalized spacial score (nSPS) is 17.6. The fourth-order valence-electron chi connectivity index (χ4n) is 2.42. The molecule has 0 spiro atoms. The molecule has 0 bridgehead atoms. The largest absolute Gasteiger partial charge is 0.383 e. The molecule has 1 fully saturated rings. The van der Waals surface area contributed by atoms with Crippen molar-refractivity contribution in [1.82, 2.24) is 4.90 Å². The summed E-state index contributed by atoms with van der Waals surface area (Å²) in [4.78, 5) is 2.61. The monoisotopic (exact) mass is 242 g/mol. The topological polar surface area (TPSA) is 38.5 Å². The molecule has 1 aliphatic rings. The lowest BCUT2D eigenvalue weighted by molar-refractivity contribution is 0.115. The summed E-state index contributed by atoms with van der Waals surface area (Å²) in [5.74, 6) is 0.955. The van der Waals surface area contributed by atoms with E-state index in [1.807, 2.05) is 0 Å². The van der Waals surface area contributed by atoms with Crippen molar-refractivity contribution < 1.29 is 4.74 Å². The van der Waals surface area contributed by atoms with Gasteiger partial charge in [0.25, 0.3) is 0 Å². The molecule has 102 valence electrons. The summed E-state index contributed by atoms with van der Waals surface area (Å²) in [7, 11) is 1.79. The highest BCUT2D eigenvalue weighted by Crippen LogP contribution is 2.35. The maximum absolute atomic E-state index is 5.51. The zero-order chi connectivity index (χ0) is 12.5. The lowest BCUT2D eigenvalue weighted by atomic mass is 10.1. The van der Waals surface area contributed by atoms with E-state index in [4.69, 9.17) is 10.5 Å². The van der Waals surface area contributed by atoms with E-state index in [0.29, 0.717) is 0 Å². The third-order valence-electron chi connectivity index (χ3n) is 3.86. The molecule has 17 heavy (non-hydrogen) atoms. The van der Waals surface area contributed by atoms with E-state index in [0.717, 1.165) is 31.7 Å². The number of hydrogen-bond donors (Lipinski definition) is 1. The smallest absolute Gasteiger partial charge is 0.0589 e. The molecule has 2 N–H and O–H groups in total. The van der Waals surface area contributed by atoms with Gasteiger partial charge in [-0.15, -0.1) is 0 Å². The molecule has 1 saturated carbocycles. The molecule has 0 radical (unpaired) electrons. The Kier molecular flexibility index (Phi) is 7.82. The van der Waals surface area contributed by atoms with Crippen LogP contribution in [-0.2, 0) is 4.74 Å². The van der Waals surface area contributed by atoms with Crippen molar-refractivity contribution >= 4 is 0 Å². The Balaban J connectivity index is 2.15. The van der Waals surface area contributed by atoms with Gasteiger partial charge in [-0.1, -0.05) is 12.8 Å². The van der Waals surface area contributed by atoms with Gasteiger partial charge >= 0.3 is 0 Å². The minimum Gasteiger partial charge on any atom is -0.383 e. The van der Waals surface area contributed by atoms with E-state index in [2.05, 4.69) is 11.8 Å². The number of hydrogen-bond acceptors (Lipinski definition) is 3. The lowest BCUT2D eigenvalue weighted by Crippen LogP contribution is -2.37. The van der Waals surface area contributed by atoms with Crippen LogP contribution in [0.5, 0.6) is 0 Å². The minimum absolute atomic E-state index is 0.750. The molecule has 1 aliphatic carbocycles. The first kappa shape index (κ1) is 14.9. The Bertz CT molecular complexity index is 183. The van der Waals surface area contributed by atoms with Crippen LogP contribution in [0.25, 0.3) is 0 Å². The minimum atomic E-state index is 0.750. The molecule has 0 aromatic heterocycles. The van der Waals surface area contributed by atoms with E-state index in [1.165, 1.54) is 45.1 Å². The molecule has 0 heterocycles. The van der Waals surface area contributed by atoms with Crippen molar-refractivity contribution in [3.05, 3.63) is 0 Å². The van der Waals surface area contributed by atoms with Crippen molar-refractivity contribution in [3.63, 3.8) is 0 Å². The lowest BCUT2D eigenvalue weighted by Gasteiger charge is -2.29. The molecule has 3 nitrogen and oxygen atoms in total. The third kappa shape index (κ3) is 6.39. The average molecular weight is 242 g/mol. The second-order valence-corrected chi connectivity index (χ2v) is 5.31. The summed E-state index contributed by atoms with van der Waals surface area (Å²) in [6, 6.07) is 0.750. The summed E-state index contributed by atoms with van der Waals surface area (Å²) in [6.07, 6.45) is 7.94. The van der Waals surface area contributed by atoms with E-state index in [1.54, 1.807) is 7.11 Å². The first-order valence-corrected chi connectivity index (χ1v) is 7.22. The molecule has 3 heteroatoms. The zero-order valence-electron chi connectivity index (χ0n) is 11.7. The molecule has 1 rings (SSSR count). The summed E-state index contributed by atoms with van der Waals surface area (Å²) in [5.41, 5.74) is 5.51. The van der Waals surface area contributed by atoms with Gasteiger partial charge in [0.05, 0.1) is 6.61 Å². The van der Waals surface area contributed by atoms with E-state index >= 15 is 0 Å². The molecule has 0 aromatic carbocycles. The Morgan fingerprint density at radius 3 is 2.47 bits per heavy atom. The van der Waals surface area contributed by atoms with Crippen molar-refractivity contribution in [3.8, 4) is 0 Å². The zero-order valence-corrected chi connectivity index (χ0v) is 11.7. The quantitative estimate of drug-likeness (QED) is 0.565. The van der Waals surface area contributed by atoms with Crippen molar-refractivity contribution in [2.75, 3.05) is 33.4 Å². The number of methoxy groups -OCH3 is 1. The second kappa shape index (κ2) is 8.90. The Morgan fingerprint density at radius 1 is 1.18 bits per heavy atom. The fraction of sp³-hybridized carbons (Fsp3) is 1.00. The van der Waals surface area contributed by atoms with E-state index in [9.17, 15) is 0 Å². The second-order valence-electron chi connectivity index (χ2n) is 5.31. The highest BCUT2D eigenvalue weighted by molar-refractivity contribution is 4.85. The maximum Gasteiger partial charge on any atom is 0.0589 e. The van der Waals surface area contributed by atoms with Crippen LogP contribution in [-0.4, -0.2) is 44.3 Å². The fourth-order valence-corrected chi connectivity index (χ4v) is 2.42. The summed E-state index contributed by atoms with van der Waals surface area (Å²) >= 11 is 0.